The number of ether oxygens (including phenoxy) is 2. The molecule has 2 unspecified atom stereocenters. The van der Waals surface area contributed by atoms with Crippen molar-refractivity contribution in [3.8, 4) is 0 Å². The number of alkyl halides is 3. The summed E-state index contributed by atoms with van der Waals surface area (Å²) < 4.78 is 48.7. The normalized spacial score (nSPS) is 29.9. The van der Waals surface area contributed by atoms with Gasteiger partial charge in [0.2, 0.25) is 0 Å². The summed E-state index contributed by atoms with van der Waals surface area (Å²) in [6.45, 7) is 2.09. The van der Waals surface area contributed by atoms with Crippen molar-refractivity contribution in [2.45, 2.75) is 43.7 Å². The summed E-state index contributed by atoms with van der Waals surface area (Å²) >= 11 is 0. The highest BCUT2D eigenvalue weighted by molar-refractivity contribution is 5.77. The second-order valence-corrected chi connectivity index (χ2v) is 6.68. The Morgan fingerprint density at radius 3 is 2.71 bits per heavy atom. The molecule has 4 nitrogen and oxygen atoms in total. The molecular formula is C17H20F3NO3. The summed E-state index contributed by atoms with van der Waals surface area (Å²) in [7, 11) is 1.29. The number of esters is 1. The summed E-state index contributed by atoms with van der Waals surface area (Å²) in [6.07, 6.45) is -5.28. The minimum atomic E-state index is -4.33. The predicted octanol–water partition coefficient (Wildman–Crippen LogP) is 2.91. The molecule has 0 aromatic heterocycles. The lowest BCUT2D eigenvalue weighted by molar-refractivity contribution is -0.216. The van der Waals surface area contributed by atoms with E-state index in [-0.39, 0.29) is 6.54 Å². The summed E-state index contributed by atoms with van der Waals surface area (Å²) in [5, 5.41) is 3.04. The Labute approximate surface area is 138 Å². The summed E-state index contributed by atoms with van der Waals surface area (Å²) in [4.78, 5) is 12.1. The van der Waals surface area contributed by atoms with Crippen molar-refractivity contribution in [2.24, 2.45) is 5.92 Å². The van der Waals surface area contributed by atoms with Gasteiger partial charge < -0.3 is 9.47 Å². The highest BCUT2D eigenvalue weighted by Crippen LogP contribution is 2.56. The Morgan fingerprint density at radius 1 is 1.46 bits per heavy atom. The van der Waals surface area contributed by atoms with Gasteiger partial charge in [0.1, 0.15) is 6.04 Å². The minimum absolute atomic E-state index is 0.184. The molecule has 7 heteroatoms. The van der Waals surface area contributed by atoms with E-state index in [9.17, 15) is 18.0 Å². The van der Waals surface area contributed by atoms with Gasteiger partial charge in [-0.1, -0.05) is 29.8 Å². The highest BCUT2D eigenvalue weighted by Gasteiger charge is 2.65. The third-order valence-electron chi connectivity index (χ3n) is 4.84. The van der Waals surface area contributed by atoms with Gasteiger partial charge in [-0.25, -0.2) is 4.79 Å². The monoisotopic (exact) mass is 343 g/mol. The van der Waals surface area contributed by atoms with Crippen molar-refractivity contribution in [1.82, 2.24) is 5.32 Å². The van der Waals surface area contributed by atoms with Crippen LogP contribution in [0.2, 0.25) is 0 Å². The third kappa shape index (κ3) is 3.15. The van der Waals surface area contributed by atoms with Gasteiger partial charge in [0, 0.05) is 6.54 Å². The molecule has 2 bridgehead atoms. The van der Waals surface area contributed by atoms with Gasteiger partial charge in [-0.05, 0) is 31.2 Å². The number of aryl methyl sites for hydroxylation is 1. The SMILES string of the molecule is COC(=O)C(NCC12CC(C1)C(C(F)(F)F)O2)c1cccc(C)c1. The van der Waals surface area contributed by atoms with Crippen LogP contribution in [0.15, 0.2) is 24.3 Å². The third-order valence-corrected chi connectivity index (χ3v) is 4.84. The van der Waals surface area contributed by atoms with E-state index in [0.717, 1.165) is 11.1 Å². The molecule has 3 fully saturated rings. The molecule has 2 atom stereocenters. The van der Waals surface area contributed by atoms with E-state index in [1.165, 1.54) is 7.11 Å². The Morgan fingerprint density at radius 2 is 2.17 bits per heavy atom. The van der Waals surface area contributed by atoms with E-state index >= 15 is 0 Å². The second-order valence-electron chi connectivity index (χ2n) is 6.68. The maximum absolute atomic E-state index is 12.9. The number of hydrogen-bond donors (Lipinski definition) is 1. The number of halogens is 3. The molecule has 2 saturated heterocycles. The van der Waals surface area contributed by atoms with E-state index in [0.29, 0.717) is 12.8 Å². The zero-order chi connectivity index (χ0) is 17.5. The van der Waals surface area contributed by atoms with Crippen LogP contribution in [0, 0.1) is 12.8 Å². The van der Waals surface area contributed by atoms with Crippen LogP contribution in [-0.4, -0.2) is 37.5 Å². The van der Waals surface area contributed by atoms with E-state index in [2.05, 4.69) is 5.32 Å². The maximum Gasteiger partial charge on any atom is 0.414 e. The van der Waals surface area contributed by atoms with Crippen LogP contribution >= 0.6 is 0 Å². The Balaban J connectivity index is 1.69. The van der Waals surface area contributed by atoms with Gasteiger partial charge in [-0.2, -0.15) is 13.2 Å². The first-order valence-electron chi connectivity index (χ1n) is 7.86. The first-order chi connectivity index (χ1) is 11.2. The molecule has 1 aromatic rings. The largest absolute Gasteiger partial charge is 0.468 e. The van der Waals surface area contributed by atoms with E-state index < -0.39 is 35.8 Å². The Hall–Kier alpha value is -1.60. The fourth-order valence-corrected chi connectivity index (χ4v) is 3.68. The van der Waals surface area contributed by atoms with Gasteiger partial charge in [0.25, 0.3) is 0 Å². The number of fused-ring (bicyclic) bond motifs is 1. The fourth-order valence-electron chi connectivity index (χ4n) is 3.68. The standard InChI is InChI=1S/C17H20F3NO3/c1-10-4-3-5-11(6-10)13(15(22)23-2)21-9-16-7-12(8-16)14(24-16)17(18,19)20/h3-6,12-14,21H,7-9H2,1-2H3. The van der Waals surface area contributed by atoms with Gasteiger partial charge >= 0.3 is 12.1 Å². The molecule has 4 rings (SSSR count). The van der Waals surface area contributed by atoms with E-state index in [1.54, 1.807) is 6.07 Å². The lowest BCUT2D eigenvalue weighted by Crippen LogP contribution is -2.47. The molecular weight excluding hydrogens is 323 g/mol. The average Bonchev–Trinajstić information content (AvgIpc) is 3.03. The summed E-state index contributed by atoms with van der Waals surface area (Å²) in [6, 6.07) is 6.64. The number of benzene rings is 1. The molecule has 1 saturated carbocycles. The van der Waals surface area contributed by atoms with Crippen molar-refractivity contribution >= 4 is 5.97 Å². The van der Waals surface area contributed by atoms with Crippen molar-refractivity contribution in [3.05, 3.63) is 35.4 Å². The molecule has 0 radical (unpaired) electrons. The summed E-state index contributed by atoms with van der Waals surface area (Å²) in [5.41, 5.74) is 0.875. The van der Waals surface area contributed by atoms with Crippen LogP contribution in [0.5, 0.6) is 0 Å². The zero-order valence-corrected chi connectivity index (χ0v) is 13.5. The zero-order valence-electron chi connectivity index (χ0n) is 13.5. The molecule has 132 valence electrons. The summed E-state index contributed by atoms with van der Waals surface area (Å²) in [5.74, 6) is -0.944. The van der Waals surface area contributed by atoms with Crippen LogP contribution in [-0.2, 0) is 14.3 Å². The molecule has 1 N–H and O–H groups in total. The Kier molecular flexibility index (Phi) is 4.34. The number of hydrogen-bond acceptors (Lipinski definition) is 4. The number of carbonyl (C=O) groups excluding carboxylic acids is 1. The van der Waals surface area contributed by atoms with E-state index in [1.807, 2.05) is 25.1 Å². The van der Waals surface area contributed by atoms with Crippen molar-refractivity contribution < 1.29 is 27.4 Å². The lowest BCUT2D eigenvalue weighted by atomic mass is 9.72. The van der Waals surface area contributed by atoms with Crippen molar-refractivity contribution in [1.29, 1.82) is 0 Å². The molecule has 3 aliphatic rings. The maximum atomic E-state index is 12.9. The van der Waals surface area contributed by atoms with Gasteiger partial charge in [0.05, 0.1) is 12.7 Å². The molecule has 2 heterocycles. The number of methoxy groups -OCH3 is 1. The van der Waals surface area contributed by atoms with Crippen LogP contribution in [0.1, 0.15) is 30.0 Å². The Bertz CT molecular complexity index is 626. The first-order valence-corrected chi connectivity index (χ1v) is 7.86. The van der Waals surface area contributed by atoms with Crippen LogP contribution in [0.3, 0.4) is 0 Å². The number of rotatable bonds is 5. The molecule has 24 heavy (non-hydrogen) atoms. The van der Waals surface area contributed by atoms with Crippen molar-refractivity contribution in [2.75, 3.05) is 13.7 Å². The predicted molar refractivity (Wildman–Crippen MR) is 80.3 cm³/mol. The molecule has 0 spiro atoms. The van der Waals surface area contributed by atoms with Gasteiger partial charge in [-0.15, -0.1) is 0 Å². The second kappa shape index (κ2) is 6.04. The molecule has 1 aromatic carbocycles. The fraction of sp³-hybridized carbons (Fsp3) is 0.588. The topological polar surface area (TPSA) is 47.6 Å². The number of carbonyl (C=O) groups is 1. The average molecular weight is 343 g/mol. The number of nitrogens with one attached hydrogen (secondary N) is 1. The van der Waals surface area contributed by atoms with Gasteiger partial charge in [0.15, 0.2) is 6.10 Å². The molecule has 0 amide bonds. The first kappa shape index (κ1) is 17.2. The van der Waals surface area contributed by atoms with Gasteiger partial charge in [-0.3, -0.25) is 5.32 Å². The van der Waals surface area contributed by atoms with Crippen LogP contribution in [0.4, 0.5) is 13.2 Å². The van der Waals surface area contributed by atoms with Crippen molar-refractivity contribution in [3.63, 3.8) is 0 Å². The molecule has 2 aliphatic heterocycles. The van der Waals surface area contributed by atoms with E-state index in [4.69, 9.17) is 9.47 Å². The van der Waals surface area contributed by atoms with Crippen LogP contribution < -0.4 is 5.32 Å². The minimum Gasteiger partial charge on any atom is -0.468 e. The lowest BCUT2D eigenvalue weighted by Gasteiger charge is -2.36. The highest BCUT2D eigenvalue weighted by atomic mass is 19.4. The quantitative estimate of drug-likeness (QED) is 0.835. The smallest absolute Gasteiger partial charge is 0.414 e. The molecule has 1 aliphatic carbocycles. The van der Waals surface area contributed by atoms with Crippen LogP contribution in [0.25, 0.3) is 0 Å².